The number of anilines is 3. The van der Waals surface area contributed by atoms with Crippen molar-refractivity contribution in [1.29, 1.82) is 0 Å². The van der Waals surface area contributed by atoms with E-state index >= 15 is 4.39 Å². The minimum absolute atomic E-state index is 0.0674. The molecular formula is C24H19Cl3F5N3O3. The van der Waals surface area contributed by atoms with Gasteiger partial charge in [0.05, 0.1) is 27.6 Å². The molecule has 2 atom stereocenters. The van der Waals surface area contributed by atoms with Crippen LogP contribution in [0.4, 0.5) is 39.0 Å². The molecule has 6 nitrogen and oxygen atoms in total. The highest BCUT2D eigenvalue weighted by Gasteiger charge is 2.64. The Kier molecular flexibility index (Phi) is 7.35. The number of rotatable bonds is 7. The minimum atomic E-state index is -4.63. The van der Waals surface area contributed by atoms with Gasteiger partial charge < -0.3 is 16.0 Å². The van der Waals surface area contributed by atoms with E-state index < -0.39 is 69.0 Å². The van der Waals surface area contributed by atoms with Crippen molar-refractivity contribution in [2.75, 3.05) is 16.0 Å². The second-order valence-corrected chi connectivity index (χ2v) is 11.2. The van der Waals surface area contributed by atoms with Crippen molar-refractivity contribution in [2.45, 2.75) is 36.7 Å². The van der Waals surface area contributed by atoms with Crippen LogP contribution in [-0.4, -0.2) is 28.2 Å². The van der Waals surface area contributed by atoms with E-state index in [0.29, 0.717) is 0 Å². The molecule has 204 valence electrons. The maximum Gasteiger partial charge on any atom is 0.395 e. The molecule has 0 spiro atoms. The van der Waals surface area contributed by atoms with Crippen molar-refractivity contribution in [3.05, 3.63) is 52.6 Å². The molecule has 0 radical (unpaired) electrons. The van der Waals surface area contributed by atoms with Crippen molar-refractivity contribution in [1.82, 2.24) is 0 Å². The first kappa shape index (κ1) is 28.4. The first-order valence-electron chi connectivity index (χ1n) is 11.2. The van der Waals surface area contributed by atoms with Gasteiger partial charge in [-0.25, -0.2) is 8.78 Å². The molecule has 2 aromatic carbocycles. The third-order valence-corrected chi connectivity index (χ3v) is 8.22. The minimum Gasteiger partial charge on any atom is -0.326 e. The van der Waals surface area contributed by atoms with Crippen LogP contribution >= 0.6 is 34.8 Å². The zero-order valence-electron chi connectivity index (χ0n) is 19.4. The molecule has 3 amide bonds. The molecule has 4 rings (SSSR count). The van der Waals surface area contributed by atoms with Gasteiger partial charge >= 0.3 is 6.18 Å². The summed E-state index contributed by atoms with van der Waals surface area (Å²) in [6, 6.07) is 5.52. The topological polar surface area (TPSA) is 87.3 Å². The monoisotopic (exact) mass is 597 g/mol. The van der Waals surface area contributed by atoms with Crippen LogP contribution < -0.4 is 16.0 Å². The van der Waals surface area contributed by atoms with E-state index in [1.165, 1.54) is 18.2 Å². The fourth-order valence-electron chi connectivity index (χ4n) is 4.03. The number of benzene rings is 2. The first-order valence-corrected chi connectivity index (χ1v) is 12.3. The van der Waals surface area contributed by atoms with Gasteiger partial charge in [-0.1, -0.05) is 18.5 Å². The number of nitrogens with one attached hydrogen (secondary N) is 3. The predicted octanol–water partition coefficient (Wildman–Crippen LogP) is 6.92. The highest BCUT2D eigenvalue weighted by molar-refractivity contribution is 6.53. The lowest BCUT2D eigenvalue weighted by Crippen LogP contribution is -2.30. The molecule has 14 heteroatoms. The van der Waals surface area contributed by atoms with Crippen molar-refractivity contribution >= 4 is 69.6 Å². The molecule has 38 heavy (non-hydrogen) atoms. The second-order valence-electron chi connectivity index (χ2n) is 9.37. The highest BCUT2D eigenvalue weighted by Crippen LogP contribution is 2.60. The van der Waals surface area contributed by atoms with Crippen LogP contribution in [0.2, 0.25) is 5.02 Å². The van der Waals surface area contributed by atoms with Gasteiger partial charge in [-0.15, -0.1) is 23.2 Å². The van der Waals surface area contributed by atoms with E-state index in [1.54, 1.807) is 6.92 Å². The summed E-state index contributed by atoms with van der Waals surface area (Å²) in [5.41, 5.74) is -3.82. The molecule has 0 aliphatic heterocycles. The van der Waals surface area contributed by atoms with Crippen LogP contribution in [0.25, 0.3) is 0 Å². The molecule has 3 N–H and O–H groups in total. The standard InChI is InChI=1S/C24H19Cl3F5N3O3/c1-10-17(23(10,26)27)21(38)33-11-2-3-13(25)12(8-11)20(37)34-15-5-4-14(28)19(18(15)29)35-16(36)9-22(6-7-22)24(30,31)32/h2-5,8,10,17H,6-7,9H2,1H3,(H,33,38)(H,34,37)(H,35,36). The molecule has 2 aromatic rings. The van der Waals surface area contributed by atoms with Crippen LogP contribution in [0.5, 0.6) is 0 Å². The van der Waals surface area contributed by atoms with E-state index in [0.717, 1.165) is 12.1 Å². The smallest absolute Gasteiger partial charge is 0.326 e. The largest absolute Gasteiger partial charge is 0.395 e. The summed E-state index contributed by atoms with van der Waals surface area (Å²) in [7, 11) is 0. The molecule has 2 saturated carbocycles. The first-order chi connectivity index (χ1) is 17.6. The summed E-state index contributed by atoms with van der Waals surface area (Å²) in [5.74, 6) is -6.29. The Balaban J connectivity index is 1.48. The molecule has 0 aromatic heterocycles. The third-order valence-electron chi connectivity index (χ3n) is 6.73. The van der Waals surface area contributed by atoms with E-state index in [2.05, 4.69) is 10.6 Å². The summed E-state index contributed by atoms with van der Waals surface area (Å²) in [5, 5.41) is 6.51. The van der Waals surface area contributed by atoms with Gasteiger partial charge in [0.25, 0.3) is 5.91 Å². The highest BCUT2D eigenvalue weighted by atomic mass is 35.5. The maximum absolute atomic E-state index is 15.0. The molecule has 2 unspecified atom stereocenters. The Hall–Kier alpha value is -2.63. The van der Waals surface area contributed by atoms with Crippen molar-refractivity contribution in [2.24, 2.45) is 17.3 Å². The molecule has 2 aliphatic carbocycles. The average molecular weight is 599 g/mol. The van der Waals surface area contributed by atoms with Crippen LogP contribution in [0.3, 0.4) is 0 Å². The summed E-state index contributed by atoms with van der Waals surface area (Å²) >= 11 is 18.1. The van der Waals surface area contributed by atoms with E-state index in [4.69, 9.17) is 34.8 Å². The van der Waals surface area contributed by atoms with Crippen LogP contribution in [-0.2, 0) is 9.59 Å². The number of carbonyl (C=O) groups excluding carboxylic acids is 3. The maximum atomic E-state index is 15.0. The fraction of sp³-hybridized carbons (Fsp3) is 0.375. The third kappa shape index (κ3) is 5.41. The summed E-state index contributed by atoms with van der Waals surface area (Å²) in [6.07, 6.45) is -6.14. The zero-order chi connectivity index (χ0) is 28.2. The SMILES string of the molecule is CC1C(C(=O)Nc2ccc(Cl)c(C(=O)Nc3ccc(F)c(NC(=O)CC4(C(F)(F)F)CC4)c3F)c2)C1(Cl)Cl. The zero-order valence-corrected chi connectivity index (χ0v) is 21.7. The Morgan fingerprint density at radius 3 is 2.21 bits per heavy atom. The van der Waals surface area contributed by atoms with E-state index in [9.17, 15) is 31.9 Å². The number of hydrogen-bond acceptors (Lipinski definition) is 3. The second kappa shape index (κ2) is 9.84. The number of hydrogen-bond donors (Lipinski definition) is 3. The van der Waals surface area contributed by atoms with Gasteiger partial charge in [0, 0.05) is 18.0 Å². The number of halogens is 8. The molecule has 0 bridgehead atoms. The molecule has 0 saturated heterocycles. The number of amides is 3. The van der Waals surface area contributed by atoms with E-state index in [-0.39, 0.29) is 35.0 Å². The Labute approximate surface area is 228 Å². The Bertz CT molecular complexity index is 1330. The number of alkyl halides is 5. The van der Waals surface area contributed by atoms with Crippen molar-refractivity contribution in [3.8, 4) is 0 Å². The molecule has 0 heterocycles. The lowest BCUT2D eigenvalue weighted by molar-refractivity contribution is -0.189. The van der Waals surface area contributed by atoms with Gasteiger partial charge in [0.2, 0.25) is 11.8 Å². The number of carbonyl (C=O) groups is 3. The summed E-state index contributed by atoms with van der Waals surface area (Å²) in [6.45, 7) is 1.69. The van der Waals surface area contributed by atoms with Gasteiger partial charge in [-0.3, -0.25) is 14.4 Å². The van der Waals surface area contributed by atoms with Gasteiger partial charge in [0.1, 0.15) is 15.8 Å². The van der Waals surface area contributed by atoms with Crippen molar-refractivity contribution < 1.29 is 36.3 Å². The van der Waals surface area contributed by atoms with Gasteiger partial charge in [-0.05, 0) is 43.2 Å². The fourth-order valence-corrected chi connectivity index (χ4v) is 4.94. The van der Waals surface area contributed by atoms with Crippen molar-refractivity contribution in [3.63, 3.8) is 0 Å². The van der Waals surface area contributed by atoms with Gasteiger partial charge in [-0.2, -0.15) is 13.2 Å². The van der Waals surface area contributed by atoms with Crippen LogP contribution in [0.1, 0.15) is 36.5 Å². The normalized spacial score (nSPS) is 20.9. The van der Waals surface area contributed by atoms with Gasteiger partial charge in [0.15, 0.2) is 5.82 Å². The lowest BCUT2D eigenvalue weighted by atomic mass is 10.0. The molecule has 2 aliphatic rings. The Morgan fingerprint density at radius 1 is 1.03 bits per heavy atom. The summed E-state index contributed by atoms with van der Waals surface area (Å²) in [4.78, 5) is 37.4. The lowest BCUT2D eigenvalue weighted by Gasteiger charge is -2.19. The molecular weight excluding hydrogens is 580 g/mol. The van der Waals surface area contributed by atoms with Crippen LogP contribution in [0.15, 0.2) is 30.3 Å². The summed E-state index contributed by atoms with van der Waals surface area (Å²) < 4.78 is 67.4. The molecule has 2 fully saturated rings. The Morgan fingerprint density at radius 2 is 1.66 bits per heavy atom. The average Bonchev–Trinajstić information content (AvgIpc) is 3.70. The predicted molar refractivity (Wildman–Crippen MR) is 132 cm³/mol. The van der Waals surface area contributed by atoms with E-state index in [1.807, 2.05) is 5.32 Å². The quantitative estimate of drug-likeness (QED) is 0.239. The van der Waals surface area contributed by atoms with Crippen LogP contribution in [0, 0.1) is 28.9 Å².